The first-order valence-corrected chi connectivity index (χ1v) is 5.68. The third kappa shape index (κ3) is 3.86. The van der Waals surface area contributed by atoms with Gasteiger partial charge in [0.2, 0.25) is 5.82 Å². The highest BCUT2D eigenvalue weighted by Crippen LogP contribution is 2.13. The summed E-state index contributed by atoms with van der Waals surface area (Å²) in [6, 6.07) is 0. The van der Waals surface area contributed by atoms with E-state index in [4.69, 9.17) is 5.73 Å². The molecule has 7 nitrogen and oxygen atoms in total. The maximum atomic E-state index is 11.0. The van der Waals surface area contributed by atoms with Crippen molar-refractivity contribution in [2.24, 2.45) is 16.1 Å². The lowest BCUT2D eigenvalue weighted by atomic mass is 10.3. The van der Waals surface area contributed by atoms with Crippen LogP contribution in [0.2, 0.25) is 0 Å². The Morgan fingerprint density at radius 3 is 2.94 bits per heavy atom. The van der Waals surface area contributed by atoms with Crippen molar-refractivity contribution in [3.8, 4) is 0 Å². The number of hydrogen-bond acceptors (Lipinski definition) is 4. The first-order chi connectivity index (χ1) is 8.19. The number of primary amides is 1. The van der Waals surface area contributed by atoms with Crippen LogP contribution in [0.3, 0.4) is 0 Å². The van der Waals surface area contributed by atoms with E-state index in [1.54, 1.807) is 0 Å². The summed E-state index contributed by atoms with van der Waals surface area (Å²) in [5.74, 6) is -0.361. The number of nitrogens with two attached hydrogens (primary N) is 1. The smallest absolute Gasteiger partial charge is 0.269 e. The lowest BCUT2D eigenvalue weighted by molar-refractivity contribution is 0.0996. The Hall–Kier alpha value is -1.92. The van der Waals surface area contributed by atoms with Crippen LogP contribution in [0, 0.1) is 0 Å². The van der Waals surface area contributed by atoms with Gasteiger partial charge in [0.25, 0.3) is 5.91 Å². The summed E-state index contributed by atoms with van der Waals surface area (Å²) in [6.45, 7) is 5.71. The minimum absolute atomic E-state index is 0.181. The number of amides is 1. The van der Waals surface area contributed by atoms with Crippen LogP contribution in [0.5, 0.6) is 0 Å². The van der Waals surface area contributed by atoms with E-state index in [9.17, 15) is 4.79 Å². The van der Waals surface area contributed by atoms with Gasteiger partial charge in [0.15, 0.2) is 5.69 Å². The molecule has 1 rings (SSSR count). The molecule has 0 aliphatic rings. The van der Waals surface area contributed by atoms with E-state index >= 15 is 0 Å². The number of H-pyrrole nitrogens is 1. The number of rotatable bonds is 7. The summed E-state index contributed by atoms with van der Waals surface area (Å²) in [5, 5.41) is 9.77. The zero-order chi connectivity index (χ0) is 12.7. The van der Waals surface area contributed by atoms with E-state index in [-0.39, 0.29) is 11.5 Å². The molecule has 1 aromatic rings. The average Bonchev–Trinajstić information content (AvgIpc) is 2.78. The van der Waals surface area contributed by atoms with Gasteiger partial charge >= 0.3 is 0 Å². The van der Waals surface area contributed by atoms with Gasteiger partial charge < -0.3 is 10.7 Å². The highest BCUT2D eigenvalue weighted by molar-refractivity contribution is 5.94. The Morgan fingerprint density at radius 2 is 2.35 bits per heavy atom. The molecule has 3 N–H and O–H groups in total. The van der Waals surface area contributed by atoms with Crippen molar-refractivity contribution in [3.05, 3.63) is 12.0 Å². The Kier molecular flexibility index (Phi) is 5.12. The zero-order valence-corrected chi connectivity index (χ0v) is 10.2. The summed E-state index contributed by atoms with van der Waals surface area (Å²) >= 11 is 0. The van der Waals surface area contributed by atoms with Gasteiger partial charge in [0, 0.05) is 13.1 Å². The molecule has 0 spiro atoms. The Bertz CT molecular complexity index is 386. The van der Waals surface area contributed by atoms with Crippen LogP contribution < -0.4 is 5.73 Å². The van der Waals surface area contributed by atoms with Crippen molar-refractivity contribution in [2.45, 2.75) is 26.7 Å². The second-order valence-corrected chi connectivity index (χ2v) is 3.55. The summed E-state index contributed by atoms with van der Waals surface area (Å²) in [7, 11) is 0. The molecule has 0 aliphatic carbocycles. The molecule has 0 bridgehead atoms. The fourth-order valence-electron chi connectivity index (χ4n) is 1.26. The van der Waals surface area contributed by atoms with Crippen molar-refractivity contribution in [2.75, 3.05) is 13.1 Å². The molecule has 0 saturated carbocycles. The number of carbonyl (C=O) groups is 1. The summed E-state index contributed by atoms with van der Waals surface area (Å²) in [5.41, 5.74) is 5.33. The Labute approximate surface area is 100 Å². The van der Waals surface area contributed by atoms with E-state index in [0.717, 1.165) is 25.9 Å². The monoisotopic (exact) mass is 238 g/mol. The molecule has 7 heteroatoms. The molecule has 0 aliphatic heterocycles. The van der Waals surface area contributed by atoms with Crippen LogP contribution in [0.1, 0.15) is 37.2 Å². The standard InChI is InChI=1S/C10H18N6O/c1-3-5-6-16(4-2)15-14-10-8(9(11)17)12-7-13-10/h7H,3-6H2,1-2H3,(H2,11,17)(H,12,13). The summed E-state index contributed by atoms with van der Waals surface area (Å²) < 4.78 is 0. The van der Waals surface area contributed by atoms with Crippen LogP contribution in [0.15, 0.2) is 16.7 Å². The van der Waals surface area contributed by atoms with Crippen molar-refractivity contribution in [1.82, 2.24) is 15.0 Å². The van der Waals surface area contributed by atoms with E-state index in [1.807, 2.05) is 11.9 Å². The molecular weight excluding hydrogens is 220 g/mol. The third-order valence-corrected chi connectivity index (χ3v) is 2.27. The predicted octanol–water partition coefficient (Wildman–Crippen LogP) is 1.63. The van der Waals surface area contributed by atoms with Gasteiger partial charge in [-0.25, -0.2) is 4.98 Å². The SMILES string of the molecule is CCCCN(CC)N=Nc1nc[nH]c1C(N)=O. The van der Waals surface area contributed by atoms with Gasteiger partial charge in [-0.2, -0.15) is 0 Å². The Morgan fingerprint density at radius 1 is 1.59 bits per heavy atom. The number of aromatic amines is 1. The first kappa shape index (κ1) is 13.1. The third-order valence-electron chi connectivity index (χ3n) is 2.27. The molecule has 0 unspecified atom stereocenters. The molecule has 0 fully saturated rings. The van der Waals surface area contributed by atoms with Crippen LogP contribution in [0.4, 0.5) is 5.82 Å². The summed E-state index contributed by atoms with van der Waals surface area (Å²) in [4.78, 5) is 17.5. The lowest BCUT2D eigenvalue weighted by Crippen LogP contribution is -2.17. The maximum Gasteiger partial charge on any atom is 0.269 e. The van der Waals surface area contributed by atoms with Gasteiger partial charge in [-0.3, -0.25) is 9.80 Å². The second kappa shape index (κ2) is 6.62. The minimum Gasteiger partial charge on any atom is -0.364 e. The van der Waals surface area contributed by atoms with Crippen molar-refractivity contribution >= 4 is 11.7 Å². The van der Waals surface area contributed by atoms with Gasteiger partial charge in [-0.05, 0) is 13.3 Å². The maximum absolute atomic E-state index is 11.0. The van der Waals surface area contributed by atoms with Crippen LogP contribution >= 0.6 is 0 Å². The molecule has 1 aromatic heterocycles. The molecule has 0 atom stereocenters. The zero-order valence-electron chi connectivity index (χ0n) is 10.2. The lowest BCUT2D eigenvalue weighted by Gasteiger charge is -2.13. The number of hydrogen-bond donors (Lipinski definition) is 2. The molecule has 17 heavy (non-hydrogen) atoms. The van der Waals surface area contributed by atoms with Gasteiger partial charge in [-0.15, -0.1) is 5.11 Å². The molecule has 1 amide bonds. The fourth-order valence-corrected chi connectivity index (χ4v) is 1.26. The average molecular weight is 238 g/mol. The molecule has 0 radical (unpaired) electrons. The molecule has 0 saturated heterocycles. The van der Waals surface area contributed by atoms with E-state index < -0.39 is 5.91 Å². The van der Waals surface area contributed by atoms with Crippen molar-refractivity contribution in [3.63, 3.8) is 0 Å². The quantitative estimate of drug-likeness (QED) is 0.557. The van der Waals surface area contributed by atoms with Gasteiger partial charge in [0.1, 0.15) is 0 Å². The van der Waals surface area contributed by atoms with Crippen LogP contribution in [0.25, 0.3) is 0 Å². The highest BCUT2D eigenvalue weighted by atomic mass is 16.1. The molecule has 0 aromatic carbocycles. The first-order valence-electron chi connectivity index (χ1n) is 5.68. The largest absolute Gasteiger partial charge is 0.364 e. The molecule has 94 valence electrons. The number of carbonyl (C=O) groups excluding carboxylic acids is 1. The second-order valence-electron chi connectivity index (χ2n) is 3.55. The topological polar surface area (TPSA) is 99.7 Å². The van der Waals surface area contributed by atoms with E-state index in [2.05, 4.69) is 27.2 Å². The number of unbranched alkanes of at least 4 members (excludes halogenated alkanes) is 1. The highest BCUT2D eigenvalue weighted by Gasteiger charge is 2.10. The van der Waals surface area contributed by atoms with Gasteiger partial charge in [0.05, 0.1) is 6.33 Å². The van der Waals surface area contributed by atoms with E-state index in [0.29, 0.717) is 0 Å². The van der Waals surface area contributed by atoms with Crippen LogP contribution in [-0.2, 0) is 0 Å². The number of nitrogens with one attached hydrogen (secondary N) is 1. The predicted molar refractivity (Wildman–Crippen MR) is 63.8 cm³/mol. The van der Waals surface area contributed by atoms with Crippen molar-refractivity contribution in [1.29, 1.82) is 0 Å². The van der Waals surface area contributed by atoms with Crippen LogP contribution in [-0.4, -0.2) is 34.0 Å². The van der Waals surface area contributed by atoms with E-state index in [1.165, 1.54) is 6.33 Å². The number of imidazole rings is 1. The summed E-state index contributed by atoms with van der Waals surface area (Å²) in [6.07, 6.45) is 3.52. The normalized spacial score (nSPS) is 10.9. The fraction of sp³-hybridized carbons (Fsp3) is 0.600. The minimum atomic E-state index is -0.590. The van der Waals surface area contributed by atoms with Crippen molar-refractivity contribution < 1.29 is 4.79 Å². The van der Waals surface area contributed by atoms with Gasteiger partial charge in [-0.1, -0.05) is 18.6 Å². The number of aromatic nitrogens is 2. The number of nitrogens with zero attached hydrogens (tertiary/aromatic N) is 4. The Balaban J connectivity index is 2.67. The molecule has 1 heterocycles. The molecular formula is C10H18N6O.